The molecule has 15 heavy (non-hydrogen) atoms. The first kappa shape index (κ1) is 10.0. The molecule has 0 N–H and O–H groups in total. The highest BCUT2D eigenvalue weighted by Crippen LogP contribution is 2.26. The Kier molecular flexibility index (Phi) is 2.39. The lowest BCUT2D eigenvalue weighted by Crippen LogP contribution is -2.10. The van der Waals surface area contributed by atoms with Crippen LogP contribution in [0.3, 0.4) is 0 Å². The van der Waals surface area contributed by atoms with Crippen LogP contribution in [-0.2, 0) is 5.41 Å². The van der Waals surface area contributed by atoms with Gasteiger partial charge in [0.1, 0.15) is 0 Å². The Morgan fingerprint density at radius 1 is 0.867 bits per heavy atom. The van der Waals surface area contributed by atoms with Crippen LogP contribution in [-0.4, -0.2) is 0 Å². The van der Waals surface area contributed by atoms with Gasteiger partial charge in [-0.05, 0) is 22.6 Å². The molecule has 1 aromatic carbocycles. The van der Waals surface area contributed by atoms with Gasteiger partial charge in [-0.2, -0.15) is 0 Å². The van der Waals surface area contributed by atoms with Crippen molar-refractivity contribution in [2.24, 2.45) is 0 Å². The Bertz CT molecular complexity index is 415. The van der Waals surface area contributed by atoms with Crippen LogP contribution in [0, 0.1) is 0 Å². The monoisotopic (exact) mass is 200 g/mol. The minimum atomic E-state index is 0.217. The molecule has 0 aliphatic heterocycles. The van der Waals surface area contributed by atoms with Crippen molar-refractivity contribution in [1.29, 1.82) is 0 Å². The molecule has 0 aliphatic rings. The molecule has 1 heterocycles. The Labute approximate surface area is 90.7 Å². The highest BCUT2D eigenvalue weighted by molar-refractivity contribution is 5.62. The van der Waals surface area contributed by atoms with Crippen molar-refractivity contribution in [3.63, 3.8) is 0 Å². The first-order valence-electron chi connectivity index (χ1n) is 5.20. The summed E-state index contributed by atoms with van der Waals surface area (Å²) < 4.78 is 5.07. The molecule has 0 spiro atoms. The van der Waals surface area contributed by atoms with E-state index in [2.05, 4.69) is 45.0 Å². The lowest BCUT2D eigenvalue weighted by atomic mass is 9.86. The molecular formula is C14H16O. The second-order valence-corrected chi connectivity index (χ2v) is 4.84. The van der Waals surface area contributed by atoms with Gasteiger partial charge in [-0.25, -0.2) is 0 Å². The predicted octanol–water partition coefficient (Wildman–Crippen LogP) is 4.24. The zero-order valence-corrected chi connectivity index (χ0v) is 9.45. The molecule has 1 nitrogen and oxygen atoms in total. The number of furan rings is 1. The maximum Gasteiger partial charge on any atom is 0.0980 e. The van der Waals surface area contributed by atoms with Crippen LogP contribution in [0.15, 0.2) is 47.3 Å². The Morgan fingerprint density at radius 2 is 1.53 bits per heavy atom. The van der Waals surface area contributed by atoms with E-state index in [0.29, 0.717) is 0 Å². The average Bonchev–Trinajstić information content (AvgIpc) is 2.69. The fraction of sp³-hybridized carbons (Fsp3) is 0.286. The van der Waals surface area contributed by atoms with Crippen molar-refractivity contribution < 1.29 is 4.42 Å². The smallest absolute Gasteiger partial charge is 0.0980 e. The second-order valence-electron chi connectivity index (χ2n) is 4.84. The van der Waals surface area contributed by atoms with Gasteiger partial charge in [0, 0.05) is 5.56 Å². The van der Waals surface area contributed by atoms with Crippen molar-refractivity contribution in [1.82, 2.24) is 0 Å². The zero-order valence-electron chi connectivity index (χ0n) is 9.45. The fourth-order valence-corrected chi connectivity index (χ4v) is 1.59. The van der Waals surface area contributed by atoms with Crippen LogP contribution in [0.5, 0.6) is 0 Å². The quantitative estimate of drug-likeness (QED) is 0.671. The molecule has 0 bridgehead atoms. The first-order chi connectivity index (χ1) is 7.07. The fourth-order valence-electron chi connectivity index (χ4n) is 1.59. The van der Waals surface area contributed by atoms with Crippen LogP contribution in [0.2, 0.25) is 0 Å². The summed E-state index contributed by atoms with van der Waals surface area (Å²) in [6.07, 6.45) is 3.47. The van der Waals surface area contributed by atoms with E-state index in [1.165, 1.54) is 11.1 Å². The van der Waals surface area contributed by atoms with Crippen molar-refractivity contribution in [2.45, 2.75) is 26.2 Å². The lowest BCUT2D eigenvalue weighted by molar-refractivity contribution is 0.568. The first-order valence-corrected chi connectivity index (χ1v) is 5.20. The minimum absolute atomic E-state index is 0.217. The molecule has 0 aliphatic carbocycles. The maximum absolute atomic E-state index is 5.07. The van der Waals surface area contributed by atoms with Crippen molar-refractivity contribution in [3.8, 4) is 11.1 Å². The molecule has 0 fully saturated rings. The van der Waals surface area contributed by atoms with Gasteiger partial charge in [0.15, 0.2) is 0 Å². The van der Waals surface area contributed by atoms with Gasteiger partial charge in [0.25, 0.3) is 0 Å². The third kappa shape index (κ3) is 2.12. The van der Waals surface area contributed by atoms with Gasteiger partial charge in [-0.3, -0.25) is 0 Å². The summed E-state index contributed by atoms with van der Waals surface area (Å²) in [6, 6.07) is 10.6. The molecule has 1 aromatic heterocycles. The third-order valence-corrected chi connectivity index (χ3v) is 2.61. The van der Waals surface area contributed by atoms with Crippen LogP contribution < -0.4 is 0 Å². The van der Waals surface area contributed by atoms with Gasteiger partial charge in [-0.15, -0.1) is 0 Å². The Balaban J connectivity index is 2.33. The topological polar surface area (TPSA) is 13.1 Å². The highest BCUT2D eigenvalue weighted by atomic mass is 16.3. The molecule has 78 valence electrons. The summed E-state index contributed by atoms with van der Waals surface area (Å²) >= 11 is 0. The van der Waals surface area contributed by atoms with E-state index in [0.717, 1.165) is 5.56 Å². The molecule has 1 heteroatoms. The largest absolute Gasteiger partial charge is 0.472 e. The molecule has 2 aromatic rings. The van der Waals surface area contributed by atoms with Crippen LogP contribution in [0.1, 0.15) is 26.3 Å². The summed E-state index contributed by atoms with van der Waals surface area (Å²) in [5.41, 5.74) is 3.91. The Morgan fingerprint density at radius 3 is 2.00 bits per heavy atom. The number of benzene rings is 1. The average molecular weight is 200 g/mol. The molecule has 0 saturated carbocycles. The molecular weight excluding hydrogens is 184 g/mol. The van der Waals surface area contributed by atoms with E-state index in [1.807, 2.05) is 6.07 Å². The van der Waals surface area contributed by atoms with Gasteiger partial charge >= 0.3 is 0 Å². The SMILES string of the molecule is CC(C)(C)c1ccc(-c2ccoc2)cc1. The maximum atomic E-state index is 5.07. The highest BCUT2D eigenvalue weighted by Gasteiger charge is 2.12. The van der Waals surface area contributed by atoms with Gasteiger partial charge < -0.3 is 4.42 Å². The second kappa shape index (κ2) is 3.58. The summed E-state index contributed by atoms with van der Waals surface area (Å²) in [4.78, 5) is 0. The summed E-state index contributed by atoms with van der Waals surface area (Å²) in [6.45, 7) is 6.67. The van der Waals surface area contributed by atoms with E-state index in [9.17, 15) is 0 Å². The third-order valence-electron chi connectivity index (χ3n) is 2.61. The molecule has 0 atom stereocenters. The molecule has 0 saturated heterocycles. The van der Waals surface area contributed by atoms with E-state index < -0.39 is 0 Å². The van der Waals surface area contributed by atoms with Crippen molar-refractivity contribution >= 4 is 0 Å². The number of hydrogen-bond donors (Lipinski definition) is 0. The molecule has 0 unspecified atom stereocenters. The normalized spacial score (nSPS) is 11.7. The summed E-state index contributed by atoms with van der Waals surface area (Å²) in [5.74, 6) is 0. The summed E-state index contributed by atoms with van der Waals surface area (Å²) in [7, 11) is 0. The number of rotatable bonds is 1. The van der Waals surface area contributed by atoms with Crippen LogP contribution in [0.4, 0.5) is 0 Å². The standard InChI is InChI=1S/C14H16O/c1-14(2,3)13-6-4-11(5-7-13)12-8-9-15-10-12/h4-10H,1-3H3. The number of hydrogen-bond acceptors (Lipinski definition) is 1. The van der Waals surface area contributed by atoms with Crippen LogP contribution >= 0.6 is 0 Å². The van der Waals surface area contributed by atoms with E-state index in [-0.39, 0.29) is 5.41 Å². The van der Waals surface area contributed by atoms with Crippen LogP contribution in [0.25, 0.3) is 11.1 Å². The molecule has 0 radical (unpaired) electrons. The zero-order chi connectivity index (χ0) is 10.9. The summed E-state index contributed by atoms with van der Waals surface area (Å²) in [5, 5.41) is 0. The van der Waals surface area contributed by atoms with E-state index in [1.54, 1.807) is 12.5 Å². The van der Waals surface area contributed by atoms with Gasteiger partial charge in [0.05, 0.1) is 12.5 Å². The van der Waals surface area contributed by atoms with Gasteiger partial charge in [-0.1, -0.05) is 45.0 Å². The van der Waals surface area contributed by atoms with E-state index in [4.69, 9.17) is 4.42 Å². The lowest BCUT2D eigenvalue weighted by Gasteiger charge is -2.18. The van der Waals surface area contributed by atoms with Gasteiger partial charge in [0.2, 0.25) is 0 Å². The molecule has 0 amide bonds. The Hall–Kier alpha value is -1.50. The van der Waals surface area contributed by atoms with Crippen molar-refractivity contribution in [3.05, 3.63) is 48.4 Å². The molecule has 2 rings (SSSR count). The van der Waals surface area contributed by atoms with Crippen molar-refractivity contribution in [2.75, 3.05) is 0 Å². The predicted molar refractivity (Wildman–Crippen MR) is 62.8 cm³/mol. The minimum Gasteiger partial charge on any atom is -0.472 e. The van der Waals surface area contributed by atoms with E-state index >= 15 is 0 Å².